The van der Waals surface area contributed by atoms with Crippen LogP contribution in [0.1, 0.15) is 27.2 Å². The normalized spacial score (nSPS) is 11.0. The highest BCUT2D eigenvalue weighted by atomic mass is 19.1. The van der Waals surface area contributed by atoms with Crippen molar-refractivity contribution in [2.45, 2.75) is 20.3 Å². The number of fused-ring (bicyclic) bond motifs is 1. The molecule has 1 heterocycles. The maximum absolute atomic E-state index is 14.1. The summed E-state index contributed by atoms with van der Waals surface area (Å²) in [4.78, 5) is 15.7. The lowest BCUT2D eigenvalue weighted by atomic mass is 10.0. The highest BCUT2D eigenvalue weighted by Crippen LogP contribution is 2.28. The Balaban J connectivity index is 1.43. The third kappa shape index (κ3) is 4.08. The van der Waals surface area contributed by atoms with Crippen LogP contribution in [-0.4, -0.2) is 24.5 Å². The molecule has 0 fully saturated rings. The molecule has 6 heteroatoms. The molecule has 0 saturated carbocycles. The fraction of sp³-hybridized carbons (Fsp3) is 0.192. The van der Waals surface area contributed by atoms with Crippen molar-refractivity contribution in [1.82, 2.24) is 10.3 Å². The van der Waals surface area contributed by atoms with Gasteiger partial charge in [0.1, 0.15) is 5.82 Å². The summed E-state index contributed by atoms with van der Waals surface area (Å²) in [6.45, 7) is 4.29. The molecule has 32 heavy (non-hydrogen) atoms. The van der Waals surface area contributed by atoms with Crippen molar-refractivity contribution in [1.29, 1.82) is 0 Å². The number of rotatable bonds is 6. The van der Waals surface area contributed by atoms with Crippen LogP contribution in [0, 0.1) is 25.5 Å². The van der Waals surface area contributed by atoms with Gasteiger partial charge in [0.25, 0.3) is 5.91 Å². The maximum Gasteiger partial charge on any atom is 0.251 e. The summed E-state index contributed by atoms with van der Waals surface area (Å²) in [6, 6.07) is 15.0. The molecule has 0 spiro atoms. The lowest BCUT2D eigenvalue weighted by molar-refractivity contribution is 0.0954. The van der Waals surface area contributed by atoms with E-state index in [1.165, 1.54) is 19.2 Å². The summed E-state index contributed by atoms with van der Waals surface area (Å²) in [6.07, 6.45) is 0.588. The molecule has 1 amide bonds. The summed E-state index contributed by atoms with van der Waals surface area (Å²) in [5.74, 6) is -0.721. The van der Waals surface area contributed by atoms with Crippen molar-refractivity contribution >= 4 is 16.8 Å². The first-order valence-corrected chi connectivity index (χ1v) is 10.4. The van der Waals surface area contributed by atoms with Crippen LogP contribution in [0.2, 0.25) is 0 Å². The highest BCUT2D eigenvalue weighted by molar-refractivity contribution is 5.95. The van der Waals surface area contributed by atoms with Gasteiger partial charge in [0.2, 0.25) is 0 Å². The van der Waals surface area contributed by atoms with Crippen molar-refractivity contribution < 1.29 is 18.3 Å². The quantitative estimate of drug-likeness (QED) is 0.408. The van der Waals surface area contributed by atoms with E-state index in [-0.39, 0.29) is 17.5 Å². The van der Waals surface area contributed by atoms with E-state index in [9.17, 15) is 13.6 Å². The number of hydrogen-bond acceptors (Lipinski definition) is 2. The van der Waals surface area contributed by atoms with E-state index in [0.29, 0.717) is 29.6 Å². The van der Waals surface area contributed by atoms with Crippen molar-refractivity contribution in [2.24, 2.45) is 0 Å². The van der Waals surface area contributed by atoms with E-state index in [0.717, 1.165) is 27.8 Å². The Bertz CT molecular complexity index is 1290. The second kappa shape index (κ2) is 8.83. The largest absolute Gasteiger partial charge is 0.494 e. The number of carbonyl (C=O) groups is 1. The summed E-state index contributed by atoms with van der Waals surface area (Å²) < 4.78 is 33.0. The number of aromatic nitrogens is 1. The van der Waals surface area contributed by atoms with Gasteiger partial charge in [-0.15, -0.1) is 0 Å². The second-order valence-electron chi connectivity index (χ2n) is 7.78. The zero-order valence-corrected chi connectivity index (χ0v) is 18.2. The third-order valence-electron chi connectivity index (χ3n) is 5.72. The zero-order chi connectivity index (χ0) is 22.8. The molecule has 0 aliphatic heterocycles. The number of H-pyrrole nitrogens is 1. The molecular weight excluding hydrogens is 410 g/mol. The molecule has 4 rings (SSSR count). The van der Waals surface area contributed by atoms with Crippen LogP contribution in [0.5, 0.6) is 5.75 Å². The number of amides is 1. The van der Waals surface area contributed by atoms with E-state index in [2.05, 4.69) is 10.3 Å². The molecule has 1 aromatic heterocycles. The highest BCUT2D eigenvalue weighted by Gasteiger charge is 2.14. The van der Waals surface area contributed by atoms with Gasteiger partial charge in [0.15, 0.2) is 11.6 Å². The van der Waals surface area contributed by atoms with Gasteiger partial charge < -0.3 is 15.0 Å². The first-order valence-electron chi connectivity index (χ1n) is 10.4. The molecular formula is C26H24F2N2O2. The zero-order valence-electron chi connectivity index (χ0n) is 18.2. The number of carbonyl (C=O) groups excluding carboxylic acids is 1. The molecule has 0 aliphatic carbocycles. The van der Waals surface area contributed by atoms with Crippen LogP contribution in [-0.2, 0) is 6.42 Å². The lowest BCUT2D eigenvalue weighted by Gasteiger charge is -2.09. The number of methoxy groups -OCH3 is 1. The van der Waals surface area contributed by atoms with Crippen LogP contribution >= 0.6 is 0 Å². The van der Waals surface area contributed by atoms with Gasteiger partial charge in [-0.25, -0.2) is 8.78 Å². The van der Waals surface area contributed by atoms with Crippen LogP contribution in [0.3, 0.4) is 0 Å². The molecule has 164 valence electrons. The van der Waals surface area contributed by atoms with Gasteiger partial charge in [0.05, 0.1) is 12.6 Å². The lowest BCUT2D eigenvalue weighted by Crippen LogP contribution is -2.25. The van der Waals surface area contributed by atoms with Gasteiger partial charge >= 0.3 is 0 Å². The minimum absolute atomic E-state index is 0.188. The average Bonchev–Trinajstić information content (AvgIpc) is 3.13. The van der Waals surface area contributed by atoms with Crippen LogP contribution in [0.4, 0.5) is 8.78 Å². The summed E-state index contributed by atoms with van der Waals surface area (Å²) >= 11 is 0. The standard InChI is InChI=1S/C26H24F2N2O2/c1-15-4-10-21(27)25-24(15)20(16(2)30-25)12-13-29-26(31)18-7-5-17(6-8-18)19-9-11-23(32-3)22(28)14-19/h4-11,14,30H,12-13H2,1-3H3,(H,29,31). The van der Waals surface area contributed by atoms with Crippen molar-refractivity contribution in [3.05, 3.63) is 88.6 Å². The number of ether oxygens (including phenoxy) is 1. The molecule has 0 bridgehead atoms. The fourth-order valence-corrected chi connectivity index (χ4v) is 4.02. The number of aryl methyl sites for hydroxylation is 2. The molecule has 0 aliphatic rings. The molecule has 0 unspecified atom stereocenters. The Hall–Kier alpha value is -3.67. The monoisotopic (exact) mass is 434 g/mol. The first kappa shape index (κ1) is 21.6. The van der Waals surface area contributed by atoms with Crippen LogP contribution in [0.15, 0.2) is 54.6 Å². The van der Waals surface area contributed by atoms with Crippen LogP contribution in [0.25, 0.3) is 22.0 Å². The topological polar surface area (TPSA) is 54.1 Å². The fourth-order valence-electron chi connectivity index (χ4n) is 4.02. The smallest absolute Gasteiger partial charge is 0.251 e. The van der Waals surface area contributed by atoms with Crippen molar-refractivity contribution in [2.75, 3.05) is 13.7 Å². The molecule has 4 aromatic rings. The summed E-state index contributed by atoms with van der Waals surface area (Å²) in [7, 11) is 1.42. The Morgan fingerprint density at radius 1 is 0.969 bits per heavy atom. The Morgan fingerprint density at radius 2 is 1.69 bits per heavy atom. The molecule has 0 radical (unpaired) electrons. The predicted molar refractivity (Wildman–Crippen MR) is 122 cm³/mol. The molecule has 4 nitrogen and oxygen atoms in total. The number of benzene rings is 3. The second-order valence-corrected chi connectivity index (χ2v) is 7.78. The van der Waals surface area contributed by atoms with Gasteiger partial charge in [0, 0.05) is 23.2 Å². The van der Waals surface area contributed by atoms with E-state index in [1.807, 2.05) is 13.8 Å². The van der Waals surface area contributed by atoms with Crippen molar-refractivity contribution in [3.63, 3.8) is 0 Å². The predicted octanol–water partition coefficient (Wildman–Crippen LogP) is 5.71. The van der Waals surface area contributed by atoms with E-state index in [4.69, 9.17) is 4.74 Å². The van der Waals surface area contributed by atoms with Gasteiger partial charge in [-0.2, -0.15) is 0 Å². The first-order chi connectivity index (χ1) is 15.4. The average molecular weight is 434 g/mol. The van der Waals surface area contributed by atoms with Gasteiger partial charge in [-0.05, 0) is 72.9 Å². The number of halogens is 2. The van der Waals surface area contributed by atoms with E-state index >= 15 is 0 Å². The SMILES string of the molecule is COc1ccc(-c2ccc(C(=O)NCCc3c(C)[nH]c4c(F)ccc(C)c34)cc2)cc1F. The van der Waals surface area contributed by atoms with E-state index < -0.39 is 5.82 Å². The number of aromatic amines is 1. The summed E-state index contributed by atoms with van der Waals surface area (Å²) in [5.41, 5.74) is 5.43. The molecule has 0 saturated heterocycles. The molecule has 0 atom stereocenters. The molecule has 2 N–H and O–H groups in total. The Morgan fingerprint density at radius 3 is 2.38 bits per heavy atom. The number of nitrogens with one attached hydrogen (secondary N) is 2. The Labute approximate surface area is 185 Å². The number of hydrogen-bond donors (Lipinski definition) is 2. The Kier molecular flexibility index (Phi) is 5.95. The van der Waals surface area contributed by atoms with E-state index in [1.54, 1.807) is 42.5 Å². The van der Waals surface area contributed by atoms with Gasteiger partial charge in [-0.1, -0.05) is 24.3 Å². The minimum Gasteiger partial charge on any atom is -0.494 e. The van der Waals surface area contributed by atoms with Gasteiger partial charge in [-0.3, -0.25) is 4.79 Å². The maximum atomic E-state index is 14.1. The van der Waals surface area contributed by atoms with Crippen LogP contribution < -0.4 is 10.1 Å². The summed E-state index contributed by atoms with van der Waals surface area (Å²) in [5, 5.41) is 3.81. The minimum atomic E-state index is -0.436. The molecule has 3 aromatic carbocycles. The third-order valence-corrected chi connectivity index (χ3v) is 5.72. The van der Waals surface area contributed by atoms with Crippen molar-refractivity contribution in [3.8, 4) is 16.9 Å².